The summed E-state index contributed by atoms with van der Waals surface area (Å²) in [6, 6.07) is 12.2. The van der Waals surface area contributed by atoms with Crippen molar-refractivity contribution in [3.63, 3.8) is 0 Å². The van der Waals surface area contributed by atoms with Crippen LogP contribution in [-0.2, 0) is 24.2 Å². The molecule has 2 heterocycles. The average Bonchev–Trinajstić information content (AvgIpc) is 2.94. The Labute approximate surface area is 221 Å². The first-order valence-corrected chi connectivity index (χ1v) is 13.9. The number of amides is 4. The fraction of sp³-hybridized carbons (Fsp3) is 0.385. The molecule has 2 unspecified atom stereocenters. The Hall–Kier alpha value is -3.93. The van der Waals surface area contributed by atoms with E-state index in [1.165, 1.54) is 29.0 Å². The average molecular weight is 543 g/mol. The van der Waals surface area contributed by atoms with Gasteiger partial charge in [-0.05, 0) is 49.2 Å². The number of hydrogen-bond donors (Lipinski definition) is 2. The lowest BCUT2D eigenvalue weighted by Gasteiger charge is -2.41. The molecule has 0 radical (unpaired) electrons. The highest BCUT2D eigenvalue weighted by molar-refractivity contribution is 7.92. The predicted molar refractivity (Wildman–Crippen MR) is 137 cm³/mol. The first kappa shape index (κ1) is 27.1. The molecule has 4 rings (SSSR count). The molecule has 4 amide bonds. The molecule has 2 fully saturated rings. The van der Waals surface area contributed by atoms with Crippen LogP contribution in [0.4, 0.5) is 0 Å². The van der Waals surface area contributed by atoms with E-state index in [1.807, 2.05) is 0 Å². The summed E-state index contributed by atoms with van der Waals surface area (Å²) >= 11 is 0. The van der Waals surface area contributed by atoms with Gasteiger partial charge in [0, 0.05) is 25.2 Å². The Morgan fingerprint density at radius 3 is 2.42 bits per heavy atom. The fourth-order valence-electron chi connectivity index (χ4n) is 4.52. The van der Waals surface area contributed by atoms with E-state index in [4.69, 9.17) is 4.74 Å². The van der Waals surface area contributed by atoms with Gasteiger partial charge in [0.05, 0.1) is 18.6 Å². The van der Waals surface area contributed by atoms with Crippen LogP contribution in [0.2, 0.25) is 0 Å². The van der Waals surface area contributed by atoms with Crippen molar-refractivity contribution in [2.24, 2.45) is 0 Å². The summed E-state index contributed by atoms with van der Waals surface area (Å²) in [6.07, 6.45) is 1.15. The monoisotopic (exact) mass is 542 g/mol. The zero-order valence-electron chi connectivity index (χ0n) is 21.0. The number of ether oxygens (including phenoxy) is 1. The van der Waals surface area contributed by atoms with Gasteiger partial charge in [-0.15, -0.1) is 0 Å². The number of benzene rings is 2. The highest BCUT2D eigenvalue weighted by Crippen LogP contribution is 2.19. The minimum atomic E-state index is -3.89. The number of sulfone groups is 1. The van der Waals surface area contributed by atoms with E-state index in [9.17, 15) is 27.6 Å². The van der Waals surface area contributed by atoms with E-state index in [0.717, 1.165) is 0 Å². The summed E-state index contributed by atoms with van der Waals surface area (Å²) in [5.41, 5.74) is 0.324. The number of rotatable bonds is 7. The van der Waals surface area contributed by atoms with Crippen molar-refractivity contribution in [3.8, 4) is 5.75 Å². The minimum absolute atomic E-state index is 0.0109. The van der Waals surface area contributed by atoms with Crippen LogP contribution >= 0.6 is 0 Å². The first-order valence-electron chi connectivity index (χ1n) is 12.3. The molecule has 0 aromatic heterocycles. The Kier molecular flexibility index (Phi) is 8.30. The lowest BCUT2D eigenvalue weighted by atomic mass is 10.0. The molecule has 2 aromatic rings. The zero-order valence-corrected chi connectivity index (χ0v) is 21.8. The molecule has 38 heavy (non-hydrogen) atoms. The molecule has 2 aromatic carbocycles. The first-order chi connectivity index (χ1) is 18.2. The summed E-state index contributed by atoms with van der Waals surface area (Å²) in [4.78, 5) is 54.7. The second kappa shape index (κ2) is 11.6. The molecule has 2 N–H and O–H groups in total. The van der Waals surface area contributed by atoms with E-state index in [-0.39, 0.29) is 30.4 Å². The number of nitrogens with one attached hydrogen (secondary N) is 2. The van der Waals surface area contributed by atoms with Crippen LogP contribution < -0.4 is 15.4 Å². The van der Waals surface area contributed by atoms with Crippen molar-refractivity contribution in [2.45, 2.75) is 29.8 Å². The molecule has 2 saturated heterocycles. The summed E-state index contributed by atoms with van der Waals surface area (Å²) < 4.78 is 30.7. The van der Waals surface area contributed by atoms with Crippen LogP contribution in [0.3, 0.4) is 0 Å². The second-order valence-corrected chi connectivity index (χ2v) is 11.1. The Balaban J connectivity index is 1.54. The third kappa shape index (κ3) is 6.13. The van der Waals surface area contributed by atoms with E-state index < -0.39 is 45.4 Å². The minimum Gasteiger partial charge on any atom is -0.497 e. The number of carbonyl (C=O) groups is 4. The summed E-state index contributed by atoms with van der Waals surface area (Å²) in [7, 11) is -2.39. The standard InChI is InChI=1S/C26H30N4O7S/c1-37-19-11-9-18(10-12-19)26(34)30-15-14-29(23(31)17-38(35,36)20-6-3-2-4-7-20)16-22(30)25(33)28-21-8-5-13-27-24(21)32/h2-4,6-7,9-12,21-22H,5,8,13-17H2,1H3,(H,27,32)(H,28,33). The number of hydrogen-bond acceptors (Lipinski definition) is 7. The van der Waals surface area contributed by atoms with Gasteiger partial charge in [0.2, 0.25) is 17.7 Å². The molecule has 2 atom stereocenters. The van der Waals surface area contributed by atoms with E-state index in [1.54, 1.807) is 42.5 Å². The normalized spacial score (nSPS) is 19.9. The quantitative estimate of drug-likeness (QED) is 0.510. The maximum Gasteiger partial charge on any atom is 0.254 e. The van der Waals surface area contributed by atoms with E-state index in [2.05, 4.69) is 10.6 Å². The van der Waals surface area contributed by atoms with Crippen molar-refractivity contribution in [2.75, 3.05) is 39.0 Å². The van der Waals surface area contributed by atoms with Gasteiger partial charge in [-0.25, -0.2) is 8.42 Å². The maximum atomic E-state index is 13.4. The Morgan fingerprint density at radius 1 is 1.05 bits per heavy atom. The van der Waals surface area contributed by atoms with Crippen molar-refractivity contribution >= 4 is 33.5 Å². The molecular weight excluding hydrogens is 512 g/mol. The highest BCUT2D eigenvalue weighted by atomic mass is 32.2. The number of methoxy groups -OCH3 is 1. The van der Waals surface area contributed by atoms with Crippen molar-refractivity contribution in [1.82, 2.24) is 20.4 Å². The van der Waals surface area contributed by atoms with Crippen LogP contribution in [0.1, 0.15) is 23.2 Å². The van der Waals surface area contributed by atoms with Gasteiger partial charge in [0.15, 0.2) is 9.84 Å². The maximum absolute atomic E-state index is 13.4. The lowest BCUT2D eigenvalue weighted by Crippen LogP contribution is -2.64. The van der Waals surface area contributed by atoms with Gasteiger partial charge < -0.3 is 25.2 Å². The van der Waals surface area contributed by atoms with Crippen molar-refractivity contribution in [1.29, 1.82) is 0 Å². The largest absolute Gasteiger partial charge is 0.497 e. The Bertz CT molecular complexity index is 1300. The topological polar surface area (TPSA) is 142 Å². The van der Waals surface area contributed by atoms with Crippen LogP contribution in [-0.4, -0.2) is 93.0 Å². The van der Waals surface area contributed by atoms with Crippen molar-refractivity contribution < 1.29 is 32.3 Å². The molecule has 2 aliphatic heterocycles. The van der Waals surface area contributed by atoms with Crippen LogP contribution in [0.15, 0.2) is 59.5 Å². The number of piperidine rings is 1. The van der Waals surface area contributed by atoms with Crippen molar-refractivity contribution in [3.05, 3.63) is 60.2 Å². The van der Waals surface area contributed by atoms with Crippen LogP contribution in [0.25, 0.3) is 0 Å². The Morgan fingerprint density at radius 2 is 1.76 bits per heavy atom. The van der Waals surface area contributed by atoms with Crippen LogP contribution in [0, 0.1) is 0 Å². The highest BCUT2D eigenvalue weighted by Gasteiger charge is 2.39. The third-order valence-corrected chi connectivity index (χ3v) is 8.27. The van der Waals surface area contributed by atoms with Gasteiger partial charge in [0.25, 0.3) is 5.91 Å². The second-order valence-electron chi connectivity index (χ2n) is 9.15. The van der Waals surface area contributed by atoms with E-state index in [0.29, 0.717) is 30.7 Å². The fourth-order valence-corrected chi connectivity index (χ4v) is 5.77. The molecule has 12 heteroatoms. The predicted octanol–water partition coefficient (Wildman–Crippen LogP) is 0.217. The van der Waals surface area contributed by atoms with Gasteiger partial charge in [0.1, 0.15) is 23.6 Å². The molecule has 2 aliphatic rings. The molecule has 202 valence electrons. The van der Waals surface area contributed by atoms with Crippen LogP contribution in [0.5, 0.6) is 5.75 Å². The summed E-state index contributed by atoms with van der Waals surface area (Å²) in [5, 5.41) is 5.41. The SMILES string of the molecule is COc1ccc(C(=O)N2CCN(C(=O)CS(=O)(=O)c3ccccc3)CC2C(=O)NC2CCCNC2=O)cc1. The number of piperazine rings is 1. The summed E-state index contributed by atoms with van der Waals surface area (Å²) in [5.74, 6) is -2.19. The smallest absolute Gasteiger partial charge is 0.254 e. The molecule has 11 nitrogen and oxygen atoms in total. The number of nitrogens with zero attached hydrogens (tertiary/aromatic N) is 2. The number of carbonyl (C=O) groups excluding carboxylic acids is 4. The van der Waals surface area contributed by atoms with E-state index >= 15 is 0 Å². The zero-order chi connectivity index (χ0) is 27.3. The lowest BCUT2D eigenvalue weighted by molar-refractivity contribution is -0.137. The van der Waals surface area contributed by atoms with Gasteiger partial charge in [-0.1, -0.05) is 18.2 Å². The molecule has 0 saturated carbocycles. The summed E-state index contributed by atoms with van der Waals surface area (Å²) in [6.45, 7) is 0.385. The molecule has 0 spiro atoms. The molecular formula is C26H30N4O7S. The molecule has 0 bridgehead atoms. The van der Waals surface area contributed by atoms with Gasteiger partial charge in [-0.2, -0.15) is 0 Å². The van der Waals surface area contributed by atoms with Gasteiger partial charge in [-0.3, -0.25) is 19.2 Å². The van der Waals surface area contributed by atoms with Gasteiger partial charge >= 0.3 is 0 Å². The third-order valence-electron chi connectivity index (χ3n) is 6.65. The molecule has 0 aliphatic carbocycles.